The number of hydrogen-bond donors (Lipinski definition) is 0. The average molecular weight is 399 g/mol. The van der Waals surface area contributed by atoms with E-state index in [4.69, 9.17) is 5.26 Å². The van der Waals surface area contributed by atoms with E-state index in [0.29, 0.717) is 34.9 Å². The summed E-state index contributed by atoms with van der Waals surface area (Å²) in [6, 6.07) is 13.6. The quantitative estimate of drug-likeness (QED) is 0.452. The zero-order chi connectivity index (χ0) is 19.2. The molecule has 2 aromatic heterocycles. The third-order valence-corrected chi connectivity index (χ3v) is 5.88. The van der Waals surface area contributed by atoms with Crippen molar-refractivity contribution in [2.24, 2.45) is 0 Å². The number of carbonyl (C=O) groups is 1. The maximum atomic E-state index is 12.9. The van der Waals surface area contributed by atoms with Gasteiger partial charge in [-0.1, -0.05) is 42.1 Å². The van der Waals surface area contributed by atoms with Gasteiger partial charge in [0, 0.05) is 13.6 Å². The van der Waals surface area contributed by atoms with Gasteiger partial charge in [-0.3, -0.25) is 14.2 Å². The Bertz CT molecular complexity index is 1040. The summed E-state index contributed by atoms with van der Waals surface area (Å²) in [6.07, 6.45) is 0.296. The van der Waals surface area contributed by atoms with E-state index in [9.17, 15) is 9.59 Å². The van der Waals surface area contributed by atoms with E-state index in [-0.39, 0.29) is 17.2 Å². The average Bonchev–Trinajstić information content (AvgIpc) is 3.16. The molecule has 0 aliphatic rings. The summed E-state index contributed by atoms with van der Waals surface area (Å²) >= 11 is 2.63. The maximum absolute atomic E-state index is 12.9. The standard InChI is InChI=1S/C19H18N4O2S2/c1-22(10-5-9-20)16(24)13-27-19-21-15-8-11-26-17(15)18(25)23(19)12-14-6-3-2-4-7-14/h2-4,6-8,11H,5,10,12-13H2,1H3. The van der Waals surface area contributed by atoms with Crippen molar-refractivity contribution in [3.05, 3.63) is 57.7 Å². The van der Waals surface area contributed by atoms with Crippen LogP contribution < -0.4 is 5.56 Å². The molecule has 0 spiro atoms. The summed E-state index contributed by atoms with van der Waals surface area (Å²) in [7, 11) is 1.67. The van der Waals surface area contributed by atoms with Crippen molar-refractivity contribution in [2.75, 3.05) is 19.3 Å². The first-order chi connectivity index (χ1) is 13.1. The lowest BCUT2D eigenvalue weighted by Crippen LogP contribution is -2.30. The molecule has 0 fully saturated rings. The number of hydrogen-bond acceptors (Lipinski definition) is 6. The van der Waals surface area contributed by atoms with E-state index in [0.717, 1.165) is 5.56 Å². The highest BCUT2D eigenvalue weighted by molar-refractivity contribution is 7.99. The number of fused-ring (bicyclic) bond motifs is 1. The molecule has 3 rings (SSSR count). The van der Waals surface area contributed by atoms with Crippen molar-refractivity contribution < 1.29 is 4.79 Å². The molecule has 3 aromatic rings. The lowest BCUT2D eigenvalue weighted by atomic mass is 10.2. The molecule has 0 unspecified atom stereocenters. The minimum absolute atomic E-state index is 0.0911. The summed E-state index contributed by atoms with van der Waals surface area (Å²) < 4.78 is 2.24. The molecule has 0 saturated heterocycles. The van der Waals surface area contributed by atoms with Crippen LogP contribution in [0.2, 0.25) is 0 Å². The molecule has 138 valence electrons. The molecular formula is C19H18N4O2S2. The van der Waals surface area contributed by atoms with Crippen LogP contribution in [0.4, 0.5) is 0 Å². The SMILES string of the molecule is CN(CCC#N)C(=O)CSc1nc2ccsc2c(=O)n1Cc1ccccc1. The van der Waals surface area contributed by atoms with Gasteiger partial charge in [-0.25, -0.2) is 4.98 Å². The number of amides is 1. The number of carbonyl (C=O) groups excluding carboxylic acids is 1. The Morgan fingerprint density at radius 3 is 2.85 bits per heavy atom. The Hall–Kier alpha value is -2.63. The van der Waals surface area contributed by atoms with Gasteiger partial charge in [0.2, 0.25) is 5.91 Å². The molecule has 1 aromatic carbocycles. The van der Waals surface area contributed by atoms with Crippen molar-refractivity contribution in [3.8, 4) is 6.07 Å². The highest BCUT2D eigenvalue weighted by Gasteiger charge is 2.16. The summed E-state index contributed by atoms with van der Waals surface area (Å²) in [4.78, 5) is 31.3. The van der Waals surface area contributed by atoms with E-state index in [1.807, 2.05) is 47.8 Å². The van der Waals surface area contributed by atoms with E-state index < -0.39 is 0 Å². The fraction of sp³-hybridized carbons (Fsp3) is 0.263. The smallest absolute Gasteiger partial charge is 0.272 e. The second kappa shape index (κ2) is 8.84. The van der Waals surface area contributed by atoms with Crippen LogP contribution in [0.1, 0.15) is 12.0 Å². The number of nitriles is 1. The first-order valence-corrected chi connectivity index (χ1v) is 10.2. The summed E-state index contributed by atoms with van der Waals surface area (Å²) in [6.45, 7) is 0.797. The third-order valence-electron chi connectivity index (χ3n) is 4.02. The van der Waals surface area contributed by atoms with Gasteiger partial charge in [0.05, 0.1) is 30.3 Å². The molecule has 0 aliphatic heterocycles. The van der Waals surface area contributed by atoms with Crippen molar-refractivity contribution in [3.63, 3.8) is 0 Å². The lowest BCUT2D eigenvalue weighted by molar-refractivity contribution is -0.127. The van der Waals surface area contributed by atoms with E-state index in [1.54, 1.807) is 11.6 Å². The summed E-state index contributed by atoms with van der Waals surface area (Å²) in [5.41, 5.74) is 1.56. The molecule has 0 bridgehead atoms. The topological polar surface area (TPSA) is 79.0 Å². The van der Waals surface area contributed by atoms with Crippen LogP contribution in [0.3, 0.4) is 0 Å². The second-order valence-corrected chi connectivity index (χ2v) is 7.78. The molecule has 27 heavy (non-hydrogen) atoms. The number of thioether (sulfide) groups is 1. The minimum Gasteiger partial charge on any atom is -0.344 e. The summed E-state index contributed by atoms with van der Waals surface area (Å²) in [5.74, 6) is 0.0693. The largest absolute Gasteiger partial charge is 0.344 e. The first kappa shape index (κ1) is 19.1. The van der Waals surface area contributed by atoms with Gasteiger partial charge in [-0.15, -0.1) is 11.3 Å². The maximum Gasteiger partial charge on any atom is 0.272 e. The van der Waals surface area contributed by atoms with E-state index in [2.05, 4.69) is 4.98 Å². The number of rotatable bonds is 7. The minimum atomic E-state index is -0.0961. The Kier molecular flexibility index (Phi) is 6.27. The van der Waals surface area contributed by atoms with Crippen LogP contribution in [0.5, 0.6) is 0 Å². The second-order valence-electron chi connectivity index (χ2n) is 5.92. The number of aromatic nitrogens is 2. The van der Waals surface area contributed by atoms with Crippen molar-refractivity contribution in [1.29, 1.82) is 5.26 Å². The Morgan fingerprint density at radius 1 is 1.33 bits per heavy atom. The molecule has 0 saturated carbocycles. The van der Waals surface area contributed by atoms with Gasteiger partial charge in [-0.05, 0) is 17.0 Å². The van der Waals surface area contributed by atoms with Gasteiger partial charge in [0.1, 0.15) is 4.70 Å². The van der Waals surface area contributed by atoms with Crippen LogP contribution in [0.15, 0.2) is 51.7 Å². The normalized spacial score (nSPS) is 10.7. The molecule has 0 aliphatic carbocycles. The molecule has 0 atom stereocenters. The fourth-order valence-electron chi connectivity index (χ4n) is 2.52. The predicted molar refractivity (Wildman–Crippen MR) is 108 cm³/mol. The Balaban J connectivity index is 1.87. The van der Waals surface area contributed by atoms with Gasteiger partial charge in [0.25, 0.3) is 5.56 Å². The van der Waals surface area contributed by atoms with Gasteiger partial charge in [0.15, 0.2) is 5.16 Å². The van der Waals surface area contributed by atoms with Crippen LogP contribution >= 0.6 is 23.1 Å². The zero-order valence-corrected chi connectivity index (χ0v) is 16.4. The Morgan fingerprint density at radius 2 is 2.11 bits per heavy atom. The highest BCUT2D eigenvalue weighted by atomic mass is 32.2. The molecule has 8 heteroatoms. The predicted octanol–water partition coefficient (Wildman–Crippen LogP) is 2.97. The van der Waals surface area contributed by atoms with Gasteiger partial charge < -0.3 is 4.90 Å². The first-order valence-electron chi connectivity index (χ1n) is 8.36. The van der Waals surface area contributed by atoms with Crippen LogP contribution in [0.25, 0.3) is 10.2 Å². The van der Waals surface area contributed by atoms with Crippen molar-refractivity contribution in [2.45, 2.75) is 18.1 Å². The lowest BCUT2D eigenvalue weighted by Gasteiger charge is -2.16. The molecular weight excluding hydrogens is 380 g/mol. The van der Waals surface area contributed by atoms with Crippen molar-refractivity contribution in [1.82, 2.24) is 14.5 Å². The molecule has 1 amide bonds. The van der Waals surface area contributed by atoms with Crippen LogP contribution in [0, 0.1) is 11.3 Å². The van der Waals surface area contributed by atoms with Crippen molar-refractivity contribution >= 4 is 39.2 Å². The molecule has 2 heterocycles. The van der Waals surface area contributed by atoms with Crippen LogP contribution in [-0.4, -0.2) is 39.7 Å². The number of nitrogens with zero attached hydrogens (tertiary/aromatic N) is 4. The molecule has 0 N–H and O–H groups in total. The van der Waals surface area contributed by atoms with E-state index in [1.165, 1.54) is 28.0 Å². The third kappa shape index (κ3) is 4.56. The molecule has 0 radical (unpaired) electrons. The number of thiophene rings is 1. The van der Waals surface area contributed by atoms with Gasteiger partial charge >= 0.3 is 0 Å². The van der Waals surface area contributed by atoms with Gasteiger partial charge in [-0.2, -0.15) is 5.26 Å². The van der Waals surface area contributed by atoms with Crippen LogP contribution in [-0.2, 0) is 11.3 Å². The monoisotopic (exact) mass is 398 g/mol. The summed E-state index contributed by atoms with van der Waals surface area (Å²) in [5, 5.41) is 11.0. The zero-order valence-electron chi connectivity index (χ0n) is 14.8. The number of benzene rings is 1. The Labute approximate surface area is 165 Å². The highest BCUT2D eigenvalue weighted by Crippen LogP contribution is 2.22. The van der Waals surface area contributed by atoms with E-state index >= 15 is 0 Å². The molecule has 6 nitrogen and oxygen atoms in total. The fourth-order valence-corrected chi connectivity index (χ4v) is 4.24.